The molecule has 0 amide bonds. The van der Waals surface area contributed by atoms with Crippen molar-refractivity contribution in [1.82, 2.24) is 14.2 Å². The molecule has 1 saturated heterocycles. The van der Waals surface area contributed by atoms with E-state index in [1.165, 1.54) is 34.0 Å². The molecule has 3 aromatic rings. The lowest BCUT2D eigenvalue weighted by atomic mass is 9.94. The summed E-state index contributed by atoms with van der Waals surface area (Å²) >= 11 is 1.33. The van der Waals surface area contributed by atoms with Crippen molar-refractivity contribution in [3.05, 3.63) is 69.3 Å². The van der Waals surface area contributed by atoms with Crippen LogP contribution in [0.1, 0.15) is 41.6 Å². The maximum atomic E-state index is 13.4. The lowest BCUT2D eigenvalue weighted by Gasteiger charge is -2.42. The number of nitrogens with zero attached hydrogens (tertiary/aromatic N) is 3. The number of halogens is 1. The van der Waals surface area contributed by atoms with Crippen LogP contribution in [0.25, 0.3) is 0 Å². The van der Waals surface area contributed by atoms with Gasteiger partial charge in [-0.1, -0.05) is 13.8 Å². The lowest BCUT2D eigenvalue weighted by Crippen LogP contribution is -2.51. The van der Waals surface area contributed by atoms with Gasteiger partial charge >= 0.3 is 0 Å². The number of thiazole rings is 1. The Morgan fingerprint density at radius 1 is 1.22 bits per heavy atom. The average Bonchev–Trinajstić information content (AvgIpc) is 3.28. The molecule has 0 saturated carbocycles. The fraction of sp³-hybridized carbons (Fsp3) is 0.385. The normalized spacial score (nSPS) is 17.4. The number of aryl methyl sites for hydroxylation is 2. The smallest absolute Gasteiger partial charge is 0.261 e. The second-order valence-electron chi connectivity index (χ2n) is 9.54. The van der Waals surface area contributed by atoms with E-state index in [0.29, 0.717) is 31.1 Å². The lowest BCUT2D eigenvalue weighted by molar-refractivity contribution is 0.105. The van der Waals surface area contributed by atoms with Crippen LogP contribution in [0.15, 0.2) is 46.8 Å². The highest BCUT2D eigenvalue weighted by atomic mass is 32.2. The molecule has 0 radical (unpaired) electrons. The van der Waals surface area contributed by atoms with Gasteiger partial charge < -0.3 is 10.7 Å². The van der Waals surface area contributed by atoms with Crippen molar-refractivity contribution in [2.45, 2.75) is 38.8 Å². The molecule has 1 atom stereocenters. The van der Waals surface area contributed by atoms with Crippen LogP contribution >= 0.6 is 11.3 Å². The van der Waals surface area contributed by atoms with Crippen LogP contribution in [-0.2, 0) is 10.0 Å². The zero-order valence-corrected chi connectivity index (χ0v) is 22.6. The Morgan fingerprint density at radius 2 is 1.94 bits per heavy atom. The number of anilines is 2. The highest BCUT2D eigenvalue weighted by Gasteiger charge is 2.37. The minimum Gasteiger partial charge on any atom is -0.355 e. The molecule has 2 aromatic carbocycles. The van der Waals surface area contributed by atoms with E-state index in [1.54, 1.807) is 24.4 Å². The molecule has 2 N–H and O–H groups in total. The van der Waals surface area contributed by atoms with Gasteiger partial charge in [0.1, 0.15) is 5.82 Å². The van der Waals surface area contributed by atoms with Gasteiger partial charge in [0.2, 0.25) is 0 Å². The fourth-order valence-electron chi connectivity index (χ4n) is 4.61. The molecule has 4 rings (SSSR count). The quantitative estimate of drug-likeness (QED) is 0.384. The van der Waals surface area contributed by atoms with Crippen molar-refractivity contribution in [2.75, 3.05) is 31.5 Å². The van der Waals surface area contributed by atoms with Crippen molar-refractivity contribution >= 4 is 38.9 Å². The Hall–Kier alpha value is -2.66. The van der Waals surface area contributed by atoms with Crippen molar-refractivity contribution in [3.63, 3.8) is 0 Å². The second kappa shape index (κ2) is 10.8. The molecule has 192 valence electrons. The van der Waals surface area contributed by atoms with Crippen molar-refractivity contribution < 1.29 is 12.8 Å². The molecule has 0 aliphatic carbocycles. The van der Waals surface area contributed by atoms with Gasteiger partial charge in [0.25, 0.3) is 10.0 Å². The van der Waals surface area contributed by atoms with E-state index in [-0.39, 0.29) is 16.9 Å². The molecule has 0 bridgehead atoms. The number of aromatic nitrogens is 1. The molecule has 10 heteroatoms. The van der Waals surface area contributed by atoms with E-state index >= 15 is 0 Å². The molecule has 0 unspecified atom stereocenters. The van der Waals surface area contributed by atoms with Gasteiger partial charge in [0.05, 0.1) is 5.01 Å². The third kappa shape index (κ3) is 5.67. The van der Waals surface area contributed by atoms with Gasteiger partial charge in [-0.2, -0.15) is 4.31 Å². The molecular weight excluding hydrogens is 497 g/mol. The van der Waals surface area contributed by atoms with Gasteiger partial charge in [-0.25, -0.2) is 17.8 Å². The maximum absolute atomic E-state index is 13.4. The van der Waals surface area contributed by atoms with Gasteiger partial charge in [-0.15, -0.1) is 11.3 Å². The number of sulfonamides is 1. The first kappa shape index (κ1) is 26.4. The van der Waals surface area contributed by atoms with Gasteiger partial charge in [-0.3, -0.25) is 4.90 Å². The molecule has 0 spiro atoms. The van der Waals surface area contributed by atoms with Gasteiger partial charge in [0, 0.05) is 60.8 Å². The molecule has 7 nitrogen and oxygen atoms in total. The Morgan fingerprint density at radius 3 is 2.56 bits per heavy atom. The zero-order valence-electron chi connectivity index (χ0n) is 21.0. The van der Waals surface area contributed by atoms with Crippen LogP contribution in [0.3, 0.4) is 0 Å². The summed E-state index contributed by atoms with van der Waals surface area (Å²) < 4.78 is 41.6. The predicted octanol–water partition coefficient (Wildman–Crippen LogP) is 5.34. The zero-order chi connectivity index (χ0) is 26.0. The largest absolute Gasteiger partial charge is 0.355 e. The van der Waals surface area contributed by atoms with Gasteiger partial charge in [-0.05, 0) is 67.3 Å². The minimum absolute atomic E-state index is 0.108. The summed E-state index contributed by atoms with van der Waals surface area (Å²) in [5, 5.41) is 13.7. The topological polar surface area (TPSA) is 89.4 Å². The van der Waals surface area contributed by atoms with E-state index < -0.39 is 10.0 Å². The van der Waals surface area contributed by atoms with E-state index in [4.69, 9.17) is 5.41 Å². The Bertz CT molecular complexity index is 1340. The number of benzene rings is 2. The third-order valence-electron chi connectivity index (χ3n) is 6.33. The molecule has 2 heterocycles. The first-order valence-corrected chi connectivity index (χ1v) is 14.2. The number of nitrogens with one attached hydrogen (secondary N) is 2. The van der Waals surface area contributed by atoms with E-state index in [1.807, 2.05) is 19.1 Å². The second-order valence-corrected chi connectivity index (χ2v) is 12.5. The fourth-order valence-corrected chi connectivity index (χ4v) is 6.95. The van der Waals surface area contributed by atoms with E-state index in [9.17, 15) is 12.8 Å². The summed E-state index contributed by atoms with van der Waals surface area (Å²) in [6, 6.07) is 9.87. The highest BCUT2D eigenvalue weighted by molar-refractivity contribution is 7.89. The number of piperazine rings is 1. The summed E-state index contributed by atoms with van der Waals surface area (Å²) in [7, 11) is -3.70. The monoisotopic (exact) mass is 529 g/mol. The Balaban J connectivity index is 1.69. The summed E-state index contributed by atoms with van der Waals surface area (Å²) in [5.74, 6) is 0.105. The Labute approximate surface area is 216 Å². The highest BCUT2D eigenvalue weighted by Crippen LogP contribution is 2.34. The third-order valence-corrected chi connectivity index (χ3v) is 9.00. The number of hydrogen-bond donors (Lipinski definition) is 2. The van der Waals surface area contributed by atoms with Crippen LogP contribution in [0.5, 0.6) is 0 Å². The van der Waals surface area contributed by atoms with Crippen molar-refractivity contribution in [2.24, 2.45) is 5.92 Å². The van der Waals surface area contributed by atoms with Crippen LogP contribution in [0.2, 0.25) is 0 Å². The number of hydrogen-bond acceptors (Lipinski definition) is 7. The molecule has 1 aromatic heterocycles. The van der Waals surface area contributed by atoms with Crippen LogP contribution in [0, 0.1) is 31.0 Å². The Kier molecular flexibility index (Phi) is 7.89. The molecule has 36 heavy (non-hydrogen) atoms. The SMILES string of the molecule is Cc1nc(S(=O)(=O)N2CCN(CC(C)C)[C@@H](c3cc(C=N)c(Nc4ccc(F)cc4)cc3C)C2)cs1. The molecular formula is C26H32FN5O2S2. The summed E-state index contributed by atoms with van der Waals surface area (Å²) in [5.41, 5.74) is 4.13. The summed E-state index contributed by atoms with van der Waals surface area (Å²) in [6.07, 6.45) is 1.29. The minimum atomic E-state index is -3.70. The van der Waals surface area contributed by atoms with Crippen LogP contribution in [0.4, 0.5) is 15.8 Å². The average molecular weight is 530 g/mol. The van der Waals surface area contributed by atoms with Crippen molar-refractivity contribution in [1.29, 1.82) is 5.41 Å². The van der Waals surface area contributed by atoms with Crippen LogP contribution < -0.4 is 5.32 Å². The maximum Gasteiger partial charge on any atom is 0.261 e. The first-order valence-electron chi connectivity index (χ1n) is 11.9. The molecule has 1 fully saturated rings. The van der Waals surface area contributed by atoms with Gasteiger partial charge in [0.15, 0.2) is 5.03 Å². The predicted molar refractivity (Wildman–Crippen MR) is 144 cm³/mol. The standard InChI is InChI=1S/C26H32FN5O2S2/c1-17(2)14-31-9-10-32(36(33,34)26-16-35-19(4)29-26)15-25(31)23-12-20(13-28)24(11-18(23)3)30-22-7-5-21(27)6-8-22/h5-8,11-13,16-17,25,28,30H,9-10,14-15H2,1-4H3/t25-/m1/s1. The van der Waals surface area contributed by atoms with E-state index in [2.05, 4.69) is 29.0 Å². The molecule has 1 aliphatic heterocycles. The summed E-state index contributed by atoms with van der Waals surface area (Å²) in [4.78, 5) is 6.58. The van der Waals surface area contributed by atoms with E-state index in [0.717, 1.165) is 34.1 Å². The number of rotatable bonds is 8. The van der Waals surface area contributed by atoms with Crippen LogP contribution in [-0.4, -0.2) is 55.0 Å². The summed E-state index contributed by atoms with van der Waals surface area (Å²) in [6.45, 7) is 10.3. The van der Waals surface area contributed by atoms with Crippen molar-refractivity contribution in [3.8, 4) is 0 Å². The molecule has 1 aliphatic rings. The first-order chi connectivity index (χ1) is 17.1.